The van der Waals surface area contributed by atoms with Crippen molar-refractivity contribution in [2.75, 3.05) is 19.6 Å². The summed E-state index contributed by atoms with van der Waals surface area (Å²) in [5.74, 6) is 0.929. The summed E-state index contributed by atoms with van der Waals surface area (Å²) in [6, 6.07) is 1.46. The quantitative estimate of drug-likeness (QED) is 0.835. The van der Waals surface area contributed by atoms with Crippen LogP contribution in [0.15, 0.2) is 0 Å². The summed E-state index contributed by atoms with van der Waals surface area (Å²) in [6.07, 6.45) is 9.67. The summed E-state index contributed by atoms with van der Waals surface area (Å²) in [5, 5.41) is 3.90. The van der Waals surface area contributed by atoms with Gasteiger partial charge in [0.1, 0.15) is 0 Å². The normalized spacial score (nSPS) is 35.7. The van der Waals surface area contributed by atoms with Crippen molar-refractivity contribution >= 4 is 0 Å². The van der Waals surface area contributed by atoms with E-state index in [-0.39, 0.29) is 0 Å². The minimum absolute atomic E-state index is 0.454. The third-order valence-electron chi connectivity index (χ3n) is 5.68. The highest BCUT2D eigenvalue weighted by molar-refractivity contribution is 4.98. The Kier molecular flexibility index (Phi) is 5.92. The number of nitrogens with one attached hydrogen (secondary N) is 1. The number of rotatable bonds is 4. The SMILES string of the molecule is CCCNC1C(N2CCCC(C)CC2)CCCC1(C)C. The van der Waals surface area contributed by atoms with Crippen molar-refractivity contribution < 1.29 is 0 Å². The van der Waals surface area contributed by atoms with Gasteiger partial charge in [-0.3, -0.25) is 4.90 Å². The van der Waals surface area contributed by atoms with Gasteiger partial charge in [0.25, 0.3) is 0 Å². The maximum Gasteiger partial charge on any atom is 0.0274 e. The molecule has 0 aromatic carbocycles. The maximum atomic E-state index is 3.90. The molecule has 2 fully saturated rings. The zero-order valence-corrected chi connectivity index (χ0v) is 14.3. The van der Waals surface area contributed by atoms with Gasteiger partial charge in [-0.25, -0.2) is 0 Å². The van der Waals surface area contributed by atoms with Gasteiger partial charge >= 0.3 is 0 Å². The van der Waals surface area contributed by atoms with Gasteiger partial charge in [0.05, 0.1) is 0 Å². The van der Waals surface area contributed by atoms with E-state index in [9.17, 15) is 0 Å². The number of hydrogen-bond donors (Lipinski definition) is 1. The van der Waals surface area contributed by atoms with Gasteiger partial charge in [0, 0.05) is 12.1 Å². The molecule has 0 aromatic rings. The van der Waals surface area contributed by atoms with Crippen LogP contribution < -0.4 is 5.32 Å². The van der Waals surface area contributed by atoms with Gasteiger partial charge in [0.15, 0.2) is 0 Å². The minimum Gasteiger partial charge on any atom is -0.312 e. The van der Waals surface area contributed by atoms with Crippen molar-refractivity contribution in [3.8, 4) is 0 Å². The lowest BCUT2D eigenvalue weighted by Crippen LogP contribution is -2.59. The summed E-state index contributed by atoms with van der Waals surface area (Å²) in [6.45, 7) is 13.5. The van der Waals surface area contributed by atoms with Crippen LogP contribution in [0.2, 0.25) is 0 Å². The van der Waals surface area contributed by atoms with Crippen molar-refractivity contribution in [3.63, 3.8) is 0 Å². The standard InChI is InChI=1S/C18H36N2/c1-5-12-19-17-16(9-6-11-18(17,3)4)20-13-7-8-15(2)10-14-20/h15-17,19H,5-14H2,1-4H3. The summed E-state index contributed by atoms with van der Waals surface area (Å²) >= 11 is 0. The van der Waals surface area contributed by atoms with Crippen LogP contribution >= 0.6 is 0 Å². The topological polar surface area (TPSA) is 15.3 Å². The molecule has 3 unspecified atom stereocenters. The molecule has 0 spiro atoms. The van der Waals surface area contributed by atoms with Crippen LogP contribution in [0.3, 0.4) is 0 Å². The molecule has 118 valence electrons. The van der Waals surface area contributed by atoms with Gasteiger partial charge in [-0.1, -0.05) is 34.1 Å². The highest BCUT2D eigenvalue weighted by Gasteiger charge is 2.41. The van der Waals surface area contributed by atoms with Crippen LogP contribution in [0.4, 0.5) is 0 Å². The molecule has 0 amide bonds. The van der Waals surface area contributed by atoms with Gasteiger partial charge < -0.3 is 5.32 Å². The second-order valence-corrected chi connectivity index (χ2v) is 7.95. The average Bonchev–Trinajstić information content (AvgIpc) is 2.61. The van der Waals surface area contributed by atoms with Crippen LogP contribution in [0.5, 0.6) is 0 Å². The Morgan fingerprint density at radius 1 is 1.10 bits per heavy atom. The van der Waals surface area contributed by atoms with Crippen LogP contribution in [-0.4, -0.2) is 36.6 Å². The molecule has 2 rings (SSSR count). The Labute approximate surface area is 126 Å². The van der Waals surface area contributed by atoms with Crippen molar-refractivity contribution in [1.82, 2.24) is 10.2 Å². The molecular weight excluding hydrogens is 244 g/mol. The average molecular weight is 280 g/mol. The van der Waals surface area contributed by atoms with E-state index < -0.39 is 0 Å². The Balaban J connectivity index is 2.05. The molecule has 20 heavy (non-hydrogen) atoms. The molecular formula is C18H36N2. The van der Waals surface area contributed by atoms with Crippen LogP contribution in [0, 0.1) is 11.3 Å². The van der Waals surface area contributed by atoms with Crippen LogP contribution in [0.1, 0.15) is 72.6 Å². The van der Waals surface area contributed by atoms with Crippen molar-refractivity contribution in [2.24, 2.45) is 11.3 Å². The van der Waals surface area contributed by atoms with Crippen molar-refractivity contribution in [1.29, 1.82) is 0 Å². The molecule has 1 saturated carbocycles. The first-order valence-electron chi connectivity index (χ1n) is 9.02. The Hall–Kier alpha value is -0.0800. The molecule has 3 atom stereocenters. The van der Waals surface area contributed by atoms with Crippen molar-refractivity contribution in [3.05, 3.63) is 0 Å². The molecule has 2 heteroatoms. The Bertz CT molecular complexity index is 287. The number of nitrogens with zero attached hydrogens (tertiary/aromatic N) is 1. The summed E-state index contributed by atoms with van der Waals surface area (Å²) in [4.78, 5) is 2.83. The van der Waals surface area contributed by atoms with E-state index in [1.807, 2.05) is 0 Å². The fourth-order valence-electron chi connectivity index (χ4n) is 4.33. The minimum atomic E-state index is 0.454. The van der Waals surface area contributed by atoms with E-state index in [2.05, 4.69) is 37.9 Å². The molecule has 1 saturated heterocycles. The summed E-state index contributed by atoms with van der Waals surface area (Å²) in [5.41, 5.74) is 0.454. The zero-order chi connectivity index (χ0) is 14.6. The molecule has 0 aromatic heterocycles. The predicted octanol–water partition coefficient (Wildman–Crippen LogP) is 4.06. The first kappa shape index (κ1) is 16.3. The van der Waals surface area contributed by atoms with E-state index in [0.29, 0.717) is 11.5 Å². The lowest BCUT2D eigenvalue weighted by atomic mass is 9.70. The highest BCUT2D eigenvalue weighted by atomic mass is 15.2. The monoisotopic (exact) mass is 280 g/mol. The van der Waals surface area contributed by atoms with Gasteiger partial charge in [-0.05, 0) is 69.5 Å². The van der Waals surface area contributed by atoms with Gasteiger partial charge in [-0.15, -0.1) is 0 Å². The lowest BCUT2D eigenvalue weighted by molar-refractivity contribution is 0.0496. The van der Waals surface area contributed by atoms with E-state index >= 15 is 0 Å². The Morgan fingerprint density at radius 3 is 2.65 bits per heavy atom. The highest BCUT2D eigenvalue weighted by Crippen LogP contribution is 2.38. The van der Waals surface area contributed by atoms with Crippen molar-refractivity contribution in [2.45, 2.75) is 84.7 Å². The molecule has 0 radical (unpaired) electrons. The fraction of sp³-hybridized carbons (Fsp3) is 1.00. The largest absolute Gasteiger partial charge is 0.312 e. The lowest BCUT2D eigenvalue weighted by Gasteiger charge is -2.49. The Morgan fingerprint density at radius 2 is 1.90 bits per heavy atom. The molecule has 1 aliphatic carbocycles. The number of hydrogen-bond acceptors (Lipinski definition) is 2. The molecule has 0 bridgehead atoms. The third kappa shape index (κ3) is 3.98. The second kappa shape index (κ2) is 7.26. The number of likely N-dealkylation sites (tertiary alicyclic amines) is 1. The van der Waals surface area contributed by atoms with E-state index in [0.717, 1.165) is 12.0 Å². The fourth-order valence-corrected chi connectivity index (χ4v) is 4.33. The van der Waals surface area contributed by atoms with Crippen LogP contribution in [-0.2, 0) is 0 Å². The summed E-state index contributed by atoms with van der Waals surface area (Å²) < 4.78 is 0. The van der Waals surface area contributed by atoms with Crippen LogP contribution in [0.25, 0.3) is 0 Å². The first-order chi connectivity index (χ1) is 9.54. The van der Waals surface area contributed by atoms with Gasteiger partial charge in [-0.2, -0.15) is 0 Å². The van der Waals surface area contributed by atoms with E-state index in [1.54, 1.807) is 0 Å². The zero-order valence-electron chi connectivity index (χ0n) is 14.3. The van der Waals surface area contributed by atoms with E-state index in [4.69, 9.17) is 0 Å². The smallest absolute Gasteiger partial charge is 0.0274 e. The van der Waals surface area contributed by atoms with E-state index in [1.165, 1.54) is 64.6 Å². The molecule has 1 N–H and O–H groups in total. The maximum absolute atomic E-state index is 3.90. The predicted molar refractivity (Wildman–Crippen MR) is 88.1 cm³/mol. The third-order valence-corrected chi connectivity index (χ3v) is 5.68. The molecule has 2 aliphatic rings. The first-order valence-corrected chi connectivity index (χ1v) is 9.02. The molecule has 2 nitrogen and oxygen atoms in total. The second-order valence-electron chi connectivity index (χ2n) is 7.95. The van der Waals surface area contributed by atoms with Gasteiger partial charge in [0.2, 0.25) is 0 Å². The molecule has 1 aliphatic heterocycles. The molecule has 1 heterocycles. The summed E-state index contributed by atoms with van der Waals surface area (Å²) in [7, 11) is 0.